The Morgan fingerprint density at radius 2 is 2.05 bits per heavy atom. The summed E-state index contributed by atoms with van der Waals surface area (Å²) in [6, 6.07) is 0. The number of methoxy groups -OCH3 is 1. The van der Waals surface area contributed by atoms with Crippen LogP contribution in [0.1, 0.15) is 49.9 Å². The van der Waals surface area contributed by atoms with Gasteiger partial charge in [-0.3, -0.25) is 0 Å². The highest BCUT2D eigenvalue weighted by molar-refractivity contribution is 4.96. The molecule has 1 aliphatic rings. The molecule has 0 spiro atoms. The molecule has 0 aromatic carbocycles. The maximum Gasteiger partial charge on any atom is 0.264 e. The molecule has 1 fully saturated rings. The van der Waals surface area contributed by atoms with Gasteiger partial charge in [-0.25, -0.2) is 8.78 Å². The summed E-state index contributed by atoms with van der Waals surface area (Å²) in [5, 5.41) is 12.9. The van der Waals surface area contributed by atoms with Crippen molar-refractivity contribution in [2.24, 2.45) is 5.92 Å². The van der Waals surface area contributed by atoms with Crippen LogP contribution in [0, 0.1) is 5.92 Å². The maximum atomic E-state index is 12.3. The first-order valence-corrected chi connectivity index (χ1v) is 6.93. The van der Waals surface area contributed by atoms with Gasteiger partial charge in [0.1, 0.15) is 12.2 Å². The Morgan fingerprint density at radius 3 is 2.65 bits per heavy atom. The van der Waals surface area contributed by atoms with Gasteiger partial charge in [0.05, 0.1) is 6.42 Å². The summed E-state index contributed by atoms with van der Waals surface area (Å²) in [5.41, 5.74) is 0. The van der Waals surface area contributed by atoms with Gasteiger partial charge in [-0.2, -0.15) is 4.98 Å². The lowest BCUT2D eigenvalue weighted by Crippen LogP contribution is -2.21. The molecule has 1 aromatic heterocycles. The predicted molar refractivity (Wildman–Crippen MR) is 66.3 cm³/mol. The van der Waals surface area contributed by atoms with Crippen molar-refractivity contribution in [1.82, 2.24) is 10.1 Å². The molecular weight excluding hydrogens is 270 g/mol. The molecule has 0 bridgehead atoms. The van der Waals surface area contributed by atoms with Gasteiger partial charge in [-0.05, 0) is 18.8 Å². The molecule has 2 atom stereocenters. The largest absolute Gasteiger partial charge is 0.387 e. The van der Waals surface area contributed by atoms with E-state index < -0.39 is 12.5 Å². The van der Waals surface area contributed by atoms with E-state index in [1.807, 2.05) is 0 Å². The number of aliphatic hydroxyl groups is 1. The third kappa shape index (κ3) is 3.73. The molecule has 0 amide bonds. The molecule has 1 N–H and O–H groups in total. The number of hydrogen-bond acceptors (Lipinski definition) is 5. The van der Waals surface area contributed by atoms with Crippen molar-refractivity contribution in [3.05, 3.63) is 11.7 Å². The summed E-state index contributed by atoms with van der Waals surface area (Å²) in [5.74, 6) is 0.737. The van der Waals surface area contributed by atoms with Crippen molar-refractivity contribution in [3.8, 4) is 0 Å². The fourth-order valence-corrected chi connectivity index (χ4v) is 2.68. The average molecular weight is 290 g/mol. The summed E-state index contributed by atoms with van der Waals surface area (Å²) in [7, 11) is 1.59. The zero-order chi connectivity index (χ0) is 14.5. The topological polar surface area (TPSA) is 68.4 Å². The lowest BCUT2D eigenvalue weighted by atomic mass is 9.85. The minimum absolute atomic E-state index is 0.0191. The third-order valence-electron chi connectivity index (χ3n) is 3.74. The average Bonchev–Trinajstić information content (AvgIpc) is 2.89. The second-order valence-corrected chi connectivity index (χ2v) is 5.21. The van der Waals surface area contributed by atoms with Gasteiger partial charge in [-0.15, -0.1) is 0 Å². The van der Waals surface area contributed by atoms with E-state index >= 15 is 0 Å². The van der Waals surface area contributed by atoms with Gasteiger partial charge in [0.25, 0.3) is 6.43 Å². The van der Waals surface area contributed by atoms with E-state index in [9.17, 15) is 8.78 Å². The summed E-state index contributed by atoms with van der Waals surface area (Å²) in [6.45, 7) is 0. The Labute approximate surface area is 116 Å². The number of rotatable bonds is 6. The molecule has 0 radical (unpaired) electrons. The van der Waals surface area contributed by atoms with Gasteiger partial charge in [0.2, 0.25) is 11.7 Å². The van der Waals surface area contributed by atoms with E-state index in [2.05, 4.69) is 10.1 Å². The third-order valence-corrected chi connectivity index (χ3v) is 3.74. The van der Waals surface area contributed by atoms with Crippen molar-refractivity contribution in [3.63, 3.8) is 0 Å². The van der Waals surface area contributed by atoms with E-state index in [-0.39, 0.29) is 18.4 Å². The van der Waals surface area contributed by atoms with Crippen molar-refractivity contribution < 1.29 is 23.1 Å². The van der Waals surface area contributed by atoms with E-state index in [1.165, 1.54) is 6.42 Å². The predicted octanol–water partition coefficient (Wildman–Crippen LogP) is 2.51. The van der Waals surface area contributed by atoms with Crippen LogP contribution in [0.4, 0.5) is 8.78 Å². The molecule has 0 saturated heterocycles. The van der Waals surface area contributed by atoms with Crippen molar-refractivity contribution in [1.29, 1.82) is 0 Å². The molecule has 114 valence electrons. The number of aliphatic hydroxyl groups excluding tert-OH is 1. The van der Waals surface area contributed by atoms with Crippen LogP contribution in [0.15, 0.2) is 4.52 Å². The van der Waals surface area contributed by atoms with Crippen molar-refractivity contribution in [2.45, 2.75) is 57.2 Å². The zero-order valence-corrected chi connectivity index (χ0v) is 11.5. The number of ether oxygens (including phenoxy) is 1. The fourth-order valence-electron chi connectivity index (χ4n) is 2.68. The molecule has 1 saturated carbocycles. The number of nitrogens with zero attached hydrogens (tertiary/aromatic N) is 2. The maximum absolute atomic E-state index is 12.3. The number of alkyl halides is 2. The standard InChI is InChI=1S/C13H20F2N2O3/c1-19-11(8-5-3-2-4-6-8)13-16-10(20-17-13)7-9(18)12(14)15/h8-9,11-12,18H,2-7H2,1H3. The molecule has 1 aromatic rings. The highest BCUT2D eigenvalue weighted by Gasteiger charge is 2.29. The molecule has 2 rings (SSSR count). The molecular formula is C13H20F2N2O3. The quantitative estimate of drug-likeness (QED) is 0.871. The molecule has 0 aliphatic heterocycles. The van der Waals surface area contributed by atoms with Crippen LogP contribution in [-0.4, -0.2) is 34.9 Å². The van der Waals surface area contributed by atoms with Gasteiger partial charge in [0, 0.05) is 7.11 Å². The minimum Gasteiger partial charge on any atom is -0.387 e. The Bertz CT molecular complexity index is 408. The van der Waals surface area contributed by atoms with E-state index in [0.717, 1.165) is 25.7 Å². The fraction of sp³-hybridized carbons (Fsp3) is 0.846. The van der Waals surface area contributed by atoms with Crippen LogP contribution in [-0.2, 0) is 11.2 Å². The van der Waals surface area contributed by atoms with Gasteiger partial charge >= 0.3 is 0 Å². The SMILES string of the molecule is COC(c1noc(CC(O)C(F)F)n1)C1CCCCC1. The lowest BCUT2D eigenvalue weighted by molar-refractivity contribution is -0.00754. The highest BCUT2D eigenvalue weighted by atomic mass is 19.3. The summed E-state index contributed by atoms with van der Waals surface area (Å²) in [4.78, 5) is 4.08. The highest BCUT2D eigenvalue weighted by Crippen LogP contribution is 2.35. The first-order chi connectivity index (χ1) is 9.61. The molecule has 1 aliphatic carbocycles. The number of aromatic nitrogens is 2. The second-order valence-electron chi connectivity index (χ2n) is 5.21. The second kappa shape index (κ2) is 7.08. The van der Waals surface area contributed by atoms with Crippen LogP contribution < -0.4 is 0 Å². The normalized spacial score (nSPS) is 20.2. The molecule has 1 heterocycles. The van der Waals surface area contributed by atoms with Gasteiger partial charge < -0.3 is 14.4 Å². The lowest BCUT2D eigenvalue weighted by Gasteiger charge is -2.26. The Morgan fingerprint density at radius 1 is 1.35 bits per heavy atom. The number of hydrogen-bond donors (Lipinski definition) is 1. The van der Waals surface area contributed by atoms with E-state index in [0.29, 0.717) is 11.7 Å². The van der Waals surface area contributed by atoms with Crippen molar-refractivity contribution >= 4 is 0 Å². The van der Waals surface area contributed by atoms with E-state index in [4.69, 9.17) is 14.4 Å². The molecule has 7 heteroatoms. The van der Waals surface area contributed by atoms with Crippen LogP contribution in [0.2, 0.25) is 0 Å². The first-order valence-electron chi connectivity index (χ1n) is 6.93. The minimum atomic E-state index is -2.82. The van der Waals surface area contributed by atoms with Crippen LogP contribution in [0.25, 0.3) is 0 Å². The first kappa shape index (κ1) is 15.3. The Balaban J connectivity index is 2.01. The Hall–Kier alpha value is -1.08. The van der Waals surface area contributed by atoms with Crippen LogP contribution >= 0.6 is 0 Å². The van der Waals surface area contributed by atoms with Crippen LogP contribution in [0.3, 0.4) is 0 Å². The smallest absolute Gasteiger partial charge is 0.264 e. The molecule has 5 nitrogen and oxygen atoms in total. The molecule has 20 heavy (non-hydrogen) atoms. The summed E-state index contributed by atoms with van der Waals surface area (Å²) >= 11 is 0. The van der Waals surface area contributed by atoms with Gasteiger partial charge in [-0.1, -0.05) is 24.4 Å². The van der Waals surface area contributed by atoms with E-state index in [1.54, 1.807) is 7.11 Å². The zero-order valence-electron chi connectivity index (χ0n) is 11.5. The molecule has 2 unspecified atom stereocenters. The Kier molecular flexibility index (Phi) is 5.42. The monoisotopic (exact) mass is 290 g/mol. The van der Waals surface area contributed by atoms with Gasteiger partial charge in [0.15, 0.2) is 0 Å². The van der Waals surface area contributed by atoms with Crippen LogP contribution in [0.5, 0.6) is 0 Å². The number of halogens is 2. The van der Waals surface area contributed by atoms with Crippen molar-refractivity contribution in [2.75, 3.05) is 7.11 Å². The summed E-state index contributed by atoms with van der Waals surface area (Å²) < 4.78 is 34.9. The summed E-state index contributed by atoms with van der Waals surface area (Å²) in [6.07, 6.45) is 0.414.